The van der Waals surface area contributed by atoms with E-state index in [-0.39, 0.29) is 62.5 Å². The number of phenols is 4. The van der Waals surface area contributed by atoms with Crippen molar-refractivity contribution in [1.82, 2.24) is 19.8 Å². The number of fused-ring (bicyclic) bond motifs is 2. The molecule has 0 atom stereocenters. The summed E-state index contributed by atoms with van der Waals surface area (Å²) in [6, 6.07) is 33.2. The molecule has 4 heterocycles. The maximum atomic E-state index is 12.6. The summed E-state index contributed by atoms with van der Waals surface area (Å²) < 4.78 is 10.7. The van der Waals surface area contributed by atoms with Gasteiger partial charge in [-0.15, -0.1) is 30.1 Å². The molecule has 0 aliphatic carbocycles. The van der Waals surface area contributed by atoms with Gasteiger partial charge in [0.1, 0.15) is 57.1 Å². The van der Waals surface area contributed by atoms with E-state index >= 15 is 0 Å². The fraction of sp³-hybridized carbons (Fsp3) is 0.182. The summed E-state index contributed by atoms with van der Waals surface area (Å²) in [4.78, 5) is 7.92. The Morgan fingerprint density at radius 3 is 1.20 bits per heavy atom. The van der Waals surface area contributed by atoms with E-state index in [1.54, 1.807) is 84.9 Å². The van der Waals surface area contributed by atoms with Crippen LogP contribution in [0.25, 0.3) is 33.4 Å². The van der Waals surface area contributed by atoms with Crippen molar-refractivity contribution in [2.45, 2.75) is 0 Å². The molecule has 65 heavy (non-hydrogen) atoms. The van der Waals surface area contributed by atoms with Gasteiger partial charge in [-0.2, -0.15) is 0 Å². The molecule has 0 spiro atoms. The van der Waals surface area contributed by atoms with Crippen molar-refractivity contribution >= 4 is 56.2 Å². The SMILES string of the molecule is [Co].[O-][n+]1c2ccccc2nn1-c1ccc(O)c(N=Nc2ccc(N3CCOCC3)cc2O)c1.[O-][n+]1c2ccccc2nn1-c1ccc(O)c(N=Nc2ccc(N3CCOCC3)cc2O)c1. The average Bonchev–Trinajstić information content (AvgIpc) is 3.85. The van der Waals surface area contributed by atoms with Crippen molar-refractivity contribution in [2.75, 3.05) is 62.4 Å². The van der Waals surface area contributed by atoms with Crippen LogP contribution in [0.1, 0.15) is 0 Å². The maximum absolute atomic E-state index is 12.6. The molecule has 2 fully saturated rings. The zero-order valence-corrected chi connectivity index (χ0v) is 35.4. The monoisotopic (exact) mass is 923 g/mol. The van der Waals surface area contributed by atoms with E-state index in [0.717, 1.165) is 37.6 Å². The van der Waals surface area contributed by atoms with Crippen LogP contribution in [-0.2, 0) is 26.3 Å². The summed E-state index contributed by atoms with van der Waals surface area (Å²) in [6.45, 7) is 5.60. The number of para-hydroxylation sites is 2. The molecule has 1 radical (unpaired) electrons. The third-order valence-corrected chi connectivity index (χ3v) is 10.5. The number of phenolic OH excluding ortho intramolecular Hbond substituents is 4. The smallest absolute Gasteiger partial charge is 0.250 e. The third-order valence-electron chi connectivity index (χ3n) is 10.5. The maximum Gasteiger partial charge on any atom is 0.250 e. The molecule has 333 valence electrons. The minimum absolute atomic E-state index is 0. The Labute approximate surface area is 380 Å². The second-order valence-corrected chi connectivity index (χ2v) is 14.6. The molecule has 8 aromatic rings. The van der Waals surface area contributed by atoms with Gasteiger partial charge < -0.3 is 50.1 Å². The Bertz CT molecular complexity index is 2840. The summed E-state index contributed by atoms with van der Waals surface area (Å²) in [5.74, 6) is -0.277. The Kier molecular flexibility index (Phi) is 13.0. The molecular weight excluding hydrogens is 883 g/mol. The van der Waals surface area contributed by atoms with Crippen LogP contribution in [0.2, 0.25) is 0 Å². The zero-order chi connectivity index (χ0) is 44.2. The molecule has 21 heteroatoms. The molecular formula is C44H40CoN12O8. The quantitative estimate of drug-likeness (QED) is 0.0712. The average molecular weight is 924 g/mol. The van der Waals surface area contributed by atoms with Gasteiger partial charge in [0.15, 0.2) is 0 Å². The van der Waals surface area contributed by atoms with Crippen molar-refractivity contribution in [3.8, 4) is 34.4 Å². The molecule has 0 saturated carbocycles. The van der Waals surface area contributed by atoms with Crippen LogP contribution in [0.5, 0.6) is 23.0 Å². The van der Waals surface area contributed by atoms with Gasteiger partial charge in [-0.05, 0) is 82.4 Å². The number of hydrogen-bond acceptors (Lipinski definition) is 16. The van der Waals surface area contributed by atoms with Gasteiger partial charge in [0.05, 0.1) is 36.6 Å². The van der Waals surface area contributed by atoms with E-state index in [1.807, 2.05) is 12.1 Å². The Balaban J connectivity index is 0.000000175. The van der Waals surface area contributed by atoms with Gasteiger partial charge in [-0.3, -0.25) is 0 Å². The Hall–Kier alpha value is -7.85. The van der Waals surface area contributed by atoms with Gasteiger partial charge in [-0.1, -0.05) is 24.3 Å². The minimum atomic E-state index is -0.115. The molecule has 6 aromatic carbocycles. The Morgan fingerprint density at radius 2 is 0.815 bits per heavy atom. The van der Waals surface area contributed by atoms with Crippen LogP contribution < -0.4 is 19.5 Å². The first-order valence-corrected chi connectivity index (χ1v) is 20.2. The topological polar surface area (TPSA) is 245 Å². The van der Waals surface area contributed by atoms with Gasteiger partial charge in [0.2, 0.25) is 22.1 Å². The second kappa shape index (κ2) is 19.3. The van der Waals surface area contributed by atoms with E-state index < -0.39 is 0 Å². The summed E-state index contributed by atoms with van der Waals surface area (Å²) in [5.41, 5.74) is 5.31. The molecule has 20 nitrogen and oxygen atoms in total. The normalized spacial score (nSPS) is 14.2. The van der Waals surface area contributed by atoms with E-state index in [9.17, 15) is 30.8 Å². The fourth-order valence-electron chi connectivity index (χ4n) is 7.11. The first-order valence-electron chi connectivity index (χ1n) is 20.2. The van der Waals surface area contributed by atoms with Crippen molar-refractivity contribution < 1.29 is 56.4 Å². The van der Waals surface area contributed by atoms with E-state index in [2.05, 4.69) is 40.5 Å². The molecule has 10 rings (SSSR count). The van der Waals surface area contributed by atoms with Gasteiger partial charge in [-0.25, -0.2) is 0 Å². The van der Waals surface area contributed by atoms with Crippen molar-refractivity contribution in [3.63, 3.8) is 0 Å². The van der Waals surface area contributed by atoms with E-state index in [0.29, 0.717) is 69.6 Å². The Morgan fingerprint density at radius 1 is 0.446 bits per heavy atom. The van der Waals surface area contributed by atoms with Crippen LogP contribution in [-0.4, -0.2) is 92.8 Å². The number of ether oxygens (including phenoxy) is 2. The van der Waals surface area contributed by atoms with Crippen LogP contribution in [0.3, 0.4) is 0 Å². The molecule has 2 aliphatic heterocycles. The van der Waals surface area contributed by atoms with Crippen LogP contribution in [0.15, 0.2) is 142 Å². The minimum Gasteiger partial charge on any atom is -0.692 e. The van der Waals surface area contributed by atoms with E-state index in [4.69, 9.17) is 9.47 Å². The van der Waals surface area contributed by atoms with Crippen LogP contribution >= 0.6 is 0 Å². The number of azo groups is 2. The summed E-state index contributed by atoms with van der Waals surface area (Å²) >= 11 is 0. The van der Waals surface area contributed by atoms with Gasteiger partial charge in [0, 0.05) is 78.6 Å². The molecule has 0 unspecified atom stereocenters. The van der Waals surface area contributed by atoms with E-state index in [1.165, 1.54) is 33.9 Å². The largest absolute Gasteiger partial charge is 0.692 e. The summed E-state index contributed by atoms with van der Waals surface area (Å²) in [7, 11) is 0. The molecule has 2 aromatic heterocycles. The fourth-order valence-corrected chi connectivity index (χ4v) is 7.11. The number of aromatic hydroxyl groups is 4. The molecule has 2 aliphatic rings. The number of nitrogens with zero attached hydrogens (tertiary/aromatic N) is 12. The standard InChI is InChI=1S/2C22H20N6O4.Co/c2*29-21-8-6-16(27-25-17-3-1-2-4-20(17)28(27)31)13-19(21)24-23-18-7-5-15(14-22(18)30)26-9-11-32-12-10-26;/h2*1-8,13-14,29-30H,9-12H2;. The van der Waals surface area contributed by atoms with Crippen molar-refractivity contribution in [1.29, 1.82) is 0 Å². The number of morpholine rings is 2. The first kappa shape index (κ1) is 43.8. The molecule has 0 bridgehead atoms. The second-order valence-electron chi connectivity index (χ2n) is 14.6. The first-order chi connectivity index (χ1) is 31.2. The number of rotatable bonds is 8. The van der Waals surface area contributed by atoms with Crippen LogP contribution in [0, 0.1) is 10.4 Å². The van der Waals surface area contributed by atoms with Crippen molar-refractivity contribution in [2.24, 2.45) is 20.5 Å². The molecule has 2 saturated heterocycles. The van der Waals surface area contributed by atoms with Gasteiger partial charge >= 0.3 is 0 Å². The predicted molar refractivity (Wildman–Crippen MR) is 234 cm³/mol. The third kappa shape index (κ3) is 9.43. The number of hydrogen-bond donors (Lipinski definition) is 4. The number of benzene rings is 6. The van der Waals surface area contributed by atoms with Gasteiger partial charge in [0.25, 0.3) is 0 Å². The summed E-state index contributed by atoms with van der Waals surface area (Å²) in [5, 5.41) is 91.2. The molecule has 4 N–H and O–H groups in total. The number of aromatic nitrogens is 6. The summed E-state index contributed by atoms with van der Waals surface area (Å²) in [6.07, 6.45) is 0. The zero-order valence-electron chi connectivity index (χ0n) is 34.3. The van der Waals surface area contributed by atoms with Crippen molar-refractivity contribution in [3.05, 3.63) is 132 Å². The number of anilines is 2. The molecule has 0 amide bonds. The van der Waals surface area contributed by atoms with Crippen LogP contribution in [0.4, 0.5) is 34.1 Å². The predicted octanol–water partition coefficient (Wildman–Crippen LogP) is 6.64.